The summed E-state index contributed by atoms with van der Waals surface area (Å²) in [4.78, 5) is 18.6. The number of carbonyl (C=O) groups is 2. The van der Waals surface area contributed by atoms with Crippen molar-refractivity contribution in [1.82, 2.24) is 6.15 Å². The molecule has 0 bridgehead atoms. The molecule has 36 valence electrons. The van der Waals surface area contributed by atoms with Gasteiger partial charge in [-0.05, 0) is 0 Å². The zero-order valence-electron chi connectivity index (χ0n) is 3.60. The van der Waals surface area contributed by atoms with E-state index in [4.69, 9.17) is 4.79 Å². The van der Waals surface area contributed by atoms with Crippen LogP contribution in [0.2, 0.25) is 0 Å². The molecule has 0 fully saturated rings. The molecule has 6 heavy (non-hydrogen) atoms. The summed E-state index contributed by atoms with van der Waals surface area (Å²) in [6, 6.07) is 0. The van der Waals surface area contributed by atoms with Gasteiger partial charge in [-0.15, -0.1) is 0 Å². The quantitative estimate of drug-likeness (QED) is 0.361. The first-order valence-electron chi connectivity index (χ1n) is 1.23. The van der Waals surface area contributed by atoms with Crippen LogP contribution in [0.1, 0.15) is 6.92 Å². The van der Waals surface area contributed by atoms with Gasteiger partial charge < -0.3 is 6.15 Å². The normalized spacial score (nSPS) is 5.50. The predicted octanol–water partition coefficient (Wildman–Crippen LogP) is -0.0637. The average Bonchev–Trinajstić information content (AvgIpc) is 1.38. The predicted molar refractivity (Wildman–Crippen MR) is 21.8 cm³/mol. The van der Waals surface area contributed by atoms with Crippen molar-refractivity contribution >= 4 is 12.1 Å². The van der Waals surface area contributed by atoms with Crippen LogP contribution in [-0.4, -0.2) is 12.1 Å². The van der Waals surface area contributed by atoms with Crippen LogP contribution in [-0.2, 0) is 9.59 Å². The van der Waals surface area contributed by atoms with Gasteiger partial charge in [0.15, 0.2) is 12.1 Å². The second-order valence-electron chi connectivity index (χ2n) is 0.729. The van der Waals surface area contributed by atoms with Crippen molar-refractivity contribution < 1.29 is 9.59 Å². The molecule has 0 radical (unpaired) electrons. The summed E-state index contributed by atoms with van der Waals surface area (Å²) in [6.45, 7) is 1.22. The first-order valence-corrected chi connectivity index (χ1v) is 1.23. The largest absolute Gasteiger partial charge is 0.344 e. The van der Waals surface area contributed by atoms with Crippen LogP contribution in [0, 0.1) is 0 Å². The lowest BCUT2D eigenvalue weighted by Crippen LogP contribution is -1.85. The highest BCUT2D eigenvalue weighted by Gasteiger charge is 1.76. The minimum absolute atomic E-state index is 0. The standard InChI is InChI=1S/C3H4O2.H3N/c1-3(5)2-4;/h2H,1H3;1H3. The van der Waals surface area contributed by atoms with E-state index in [1.54, 1.807) is 0 Å². The van der Waals surface area contributed by atoms with E-state index >= 15 is 0 Å². The third kappa shape index (κ3) is 10.3. The molecule has 3 heteroatoms. The molecule has 0 aromatic carbocycles. The number of hydrogen-bond donors (Lipinski definition) is 1. The second-order valence-corrected chi connectivity index (χ2v) is 0.729. The van der Waals surface area contributed by atoms with Crippen molar-refractivity contribution in [3.63, 3.8) is 0 Å². The number of rotatable bonds is 1. The highest BCUT2D eigenvalue weighted by Crippen LogP contribution is 1.48. The van der Waals surface area contributed by atoms with Gasteiger partial charge in [-0.25, -0.2) is 0 Å². The Balaban J connectivity index is 0. The van der Waals surface area contributed by atoms with Crippen LogP contribution < -0.4 is 6.15 Å². The van der Waals surface area contributed by atoms with Crippen molar-refractivity contribution in [2.45, 2.75) is 6.92 Å². The van der Waals surface area contributed by atoms with Crippen molar-refractivity contribution in [2.24, 2.45) is 0 Å². The fraction of sp³-hybridized carbons (Fsp3) is 0.333. The van der Waals surface area contributed by atoms with Crippen molar-refractivity contribution in [1.29, 1.82) is 0 Å². The topological polar surface area (TPSA) is 69.1 Å². The molecule has 0 amide bonds. The fourth-order valence-electron chi connectivity index (χ4n) is 0. The lowest BCUT2D eigenvalue weighted by atomic mass is 10.5. The summed E-state index contributed by atoms with van der Waals surface area (Å²) in [7, 11) is 0. The van der Waals surface area contributed by atoms with Crippen LogP contribution in [0.5, 0.6) is 0 Å². The average molecular weight is 89.1 g/mol. The molecule has 0 unspecified atom stereocenters. The van der Waals surface area contributed by atoms with E-state index in [1.807, 2.05) is 0 Å². The van der Waals surface area contributed by atoms with Gasteiger partial charge in [-0.2, -0.15) is 0 Å². The van der Waals surface area contributed by atoms with Crippen molar-refractivity contribution in [2.75, 3.05) is 0 Å². The number of hydrogen-bond acceptors (Lipinski definition) is 3. The number of carbonyl (C=O) groups excluding carboxylic acids is 2. The third-order valence-electron chi connectivity index (χ3n) is 0.166. The van der Waals surface area contributed by atoms with Gasteiger partial charge >= 0.3 is 0 Å². The highest BCUT2D eigenvalue weighted by molar-refractivity contribution is 6.23. The van der Waals surface area contributed by atoms with Gasteiger partial charge in [0.2, 0.25) is 0 Å². The molecule has 0 aromatic heterocycles. The van der Waals surface area contributed by atoms with E-state index < -0.39 is 5.78 Å². The summed E-state index contributed by atoms with van der Waals surface area (Å²) < 4.78 is 0. The molecule has 0 atom stereocenters. The third-order valence-corrected chi connectivity index (χ3v) is 0.166. The summed E-state index contributed by atoms with van der Waals surface area (Å²) in [5, 5.41) is 0. The van der Waals surface area contributed by atoms with Crippen LogP contribution in [0.15, 0.2) is 0 Å². The maximum Gasteiger partial charge on any atom is 0.192 e. The van der Waals surface area contributed by atoms with E-state index in [2.05, 4.69) is 0 Å². The van der Waals surface area contributed by atoms with Crippen LogP contribution in [0.25, 0.3) is 0 Å². The Labute approximate surface area is 35.9 Å². The Bertz CT molecular complexity index is 59.8. The second kappa shape index (κ2) is 4.30. The zero-order valence-corrected chi connectivity index (χ0v) is 3.60. The number of Topliss-reactive ketones (excluding diaryl/α,β-unsaturated/α-hetero) is 1. The molecule has 0 aliphatic carbocycles. The molecular weight excluding hydrogens is 82.0 g/mol. The minimum Gasteiger partial charge on any atom is -0.344 e. The van der Waals surface area contributed by atoms with Gasteiger partial charge in [0.25, 0.3) is 0 Å². The molecule has 0 saturated carbocycles. The maximum absolute atomic E-state index is 9.44. The van der Waals surface area contributed by atoms with Gasteiger partial charge in [-0.1, -0.05) is 0 Å². The molecule has 0 heterocycles. The van der Waals surface area contributed by atoms with Crippen molar-refractivity contribution in [3.8, 4) is 0 Å². The molecule has 0 aromatic rings. The van der Waals surface area contributed by atoms with E-state index in [0.29, 0.717) is 0 Å². The Morgan fingerprint density at radius 1 is 1.67 bits per heavy atom. The lowest BCUT2D eigenvalue weighted by molar-refractivity contribution is -0.128. The Morgan fingerprint density at radius 3 is 1.83 bits per heavy atom. The monoisotopic (exact) mass is 89.0 g/mol. The summed E-state index contributed by atoms with van der Waals surface area (Å²) in [5.41, 5.74) is 0. The highest BCUT2D eigenvalue weighted by atomic mass is 16.2. The van der Waals surface area contributed by atoms with Gasteiger partial charge in [-0.3, -0.25) is 9.59 Å². The van der Waals surface area contributed by atoms with Crippen LogP contribution >= 0.6 is 0 Å². The van der Waals surface area contributed by atoms with Crippen LogP contribution in [0.4, 0.5) is 0 Å². The molecule has 3 N–H and O–H groups in total. The molecule has 0 aliphatic heterocycles. The SMILES string of the molecule is CC(=O)C=O.N. The van der Waals surface area contributed by atoms with E-state index in [9.17, 15) is 4.79 Å². The summed E-state index contributed by atoms with van der Waals surface area (Å²) >= 11 is 0. The lowest BCUT2D eigenvalue weighted by Gasteiger charge is -1.57. The minimum atomic E-state index is -0.426. The van der Waals surface area contributed by atoms with Gasteiger partial charge in [0.1, 0.15) is 0 Å². The molecule has 0 spiro atoms. The summed E-state index contributed by atoms with van der Waals surface area (Å²) in [5.74, 6) is -0.426. The van der Waals surface area contributed by atoms with Gasteiger partial charge in [0, 0.05) is 6.92 Å². The molecule has 0 rings (SSSR count). The molecule has 3 nitrogen and oxygen atoms in total. The van der Waals surface area contributed by atoms with Crippen LogP contribution in [0.3, 0.4) is 0 Å². The maximum atomic E-state index is 9.44. The Morgan fingerprint density at radius 2 is 1.83 bits per heavy atom. The first-order chi connectivity index (χ1) is 2.27. The smallest absolute Gasteiger partial charge is 0.192 e. The van der Waals surface area contributed by atoms with E-state index in [0.717, 1.165) is 0 Å². The summed E-state index contributed by atoms with van der Waals surface area (Å²) in [6.07, 6.45) is 0.278. The zero-order chi connectivity index (χ0) is 4.28. The van der Waals surface area contributed by atoms with E-state index in [-0.39, 0.29) is 12.4 Å². The first kappa shape index (κ1) is 9.00. The molecular formula is C3H7NO2. The fourth-order valence-corrected chi connectivity index (χ4v) is 0. The Hall–Kier alpha value is -0.700. The molecule has 0 aliphatic rings. The van der Waals surface area contributed by atoms with E-state index in [1.165, 1.54) is 6.92 Å². The number of aldehydes is 1. The van der Waals surface area contributed by atoms with Gasteiger partial charge in [0.05, 0.1) is 0 Å². The number of ketones is 1. The Kier molecular flexibility index (Phi) is 6.45. The van der Waals surface area contributed by atoms with Crippen molar-refractivity contribution in [3.05, 3.63) is 0 Å². The molecule has 0 saturated heterocycles.